The normalized spacial score (nSPS) is 11.5. The number of aryl methyl sites for hydroxylation is 1. The quantitative estimate of drug-likeness (QED) is 0.684. The van der Waals surface area contributed by atoms with Gasteiger partial charge in [0.05, 0.1) is 7.11 Å². The van der Waals surface area contributed by atoms with Crippen molar-refractivity contribution in [1.29, 1.82) is 0 Å². The van der Waals surface area contributed by atoms with Crippen molar-refractivity contribution in [2.75, 3.05) is 7.11 Å². The summed E-state index contributed by atoms with van der Waals surface area (Å²) in [6.45, 7) is 3.55. The van der Waals surface area contributed by atoms with Crippen LogP contribution in [0.25, 0.3) is 0 Å². The predicted octanol–water partition coefficient (Wildman–Crippen LogP) is 2.16. The van der Waals surface area contributed by atoms with E-state index >= 15 is 0 Å². The molecule has 1 rings (SSSR count). The van der Waals surface area contributed by atoms with Gasteiger partial charge in [-0.3, -0.25) is 4.79 Å². The van der Waals surface area contributed by atoms with Crippen molar-refractivity contribution in [1.82, 2.24) is 5.32 Å². The third kappa shape index (κ3) is 5.69. The molecule has 0 radical (unpaired) electrons. The lowest BCUT2D eigenvalue weighted by Crippen LogP contribution is -2.40. The van der Waals surface area contributed by atoms with Gasteiger partial charge in [-0.2, -0.15) is 0 Å². The zero-order valence-electron chi connectivity index (χ0n) is 12.2. The van der Waals surface area contributed by atoms with Crippen LogP contribution >= 0.6 is 0 Å². The van der Waals surface area contributed by atoms with E-state index in [0.29, 0.717) is 19.3 Å². The second-order valence-corrected chi connectivity index (χ2v) is 4.64. The maximum Gasteiger partial charge on any atom is 0.326 e. The molecule has 1 aromatic rings. The number of para-hydroxylation sites is 1. The van der Waals surface area contributed by atoms with Crippen molar-refractivity contribution in [2.45, 2.75) is 31.7 Å². The van der Waals surface area contributed by atoms with E-state index in [-0.39, 0.29) is 12.3 Å². The van der Waals surface area contributed by atoms with Gasteiger partial charge in [-0.1, -0.05) is 24.3 Å². The molecule has 0 aromatic heterocycles. The summed E-state index contributed by atoms with van der Waals surface area (Å²) in [5.41, 5.74) is 0.924. The second kappa shape index (κ2) is 8.79. The molecule has 0 bridgehead atoms. The molecule has 2 N–H and O–H groups in total. The first-order chi connectivity index (χ1) is 10.1. The molecule has 5 heteroatoms. The van der Waals surface area contributed by atoms with E-state index in [4.69, 9.17) is 9.84 Å². The van der Waals surface area contributed by atoms with Crippen molar-refractivity contribution in [3.63, 3.8) is 0 Å². The molecule has 1 atom stereocenters. The summed E-state index contributed by atoms with van der Waals surface area (Å²) in [7, 11) is 1.58. The van der Waals surface area contributed by atoms with E-state index in [1.807, 2.05) is 24.3 Å². The summed E-state index contributed by atoms with van der Waals surface area (Å²) < 4.78 is 5.21. The highest BCUT2D eigenvalue weighted by molar-refractivity contribution is 5.83. The molecule has 0 heterocycles. The van der Waals surface area contributed by atoms with Gasteiger partial charge in [0.25, 0.3) is 0 Å². The molecule has 0 saturated carbocycles. The molecule has 1 unspecified atom stereocenters. The molecule has 114 valence electrons. The fourth-order valence-electron chi connectivity index (χ4n) is 1.97. The van der Waals surface area contributed by atoms with Gasteiger partial charge < -0.3 is 15.2 Å². The van der Waals surface area contributed by atoms with Gasteiger partial charge in [0.2, 0.25) is 5.91 Å². The van der Waals surface area contributed by atoms with Crippen LogP contribution in [0.2, 0.25) is 0 Å². The molecule has 0 aliphatic rings. The molecular weight excluding hydrogens is 270 g/mol. The number of carbonyl (C=O) groups excluding carboxylic acids is 1. The summed E-state index contributed by atoms with van der Waals surface area (Å²) in [5.74, 6) is -0.577. The van der Waals surface area contributed by atoms with E-state index in [2.05, 4.69) is 11.9 Å². The Kier molecular flexibility index (Phi) is 7.01. The number of allylic oxidation sites excluding steroid dienone is 1. The average molecular weight is 291 g/mol. The van der Waals surface area contributed by atoms with Gasteiger partial charge >= 0.3 is 5.97 Å². The van der Waals surface area contributed by atoms with Gasteiger partial charge in [0.15, 0.2) is 0 Å². The van der Waals surface area contributed by atoms with Crippen molar-refractivity contribution in [3.05, 3.63) is 42.5 Å². The van der Waals surface area contributed by atoms with Crippen LogP contribution in [0.3, 0.4) is 0 Å². The lowest BCUT2D eigenvalue weighted by Gasteiger charge is -2.14. The maximum atomic E-state index is 11.9. The maximum absolute atomic E-state index is 11.9. The van der Waals surface area contributed by atoms with Crippen LogP contribution in [-0.4, -0.2) is 30.1 Å². The Bertz CT molecular complexity index is 499. The van der Waals surface area contributed by atoms with E-state index in [9.17, 15) is 9.59 Å². The van der Waals surface area contributed by atoms with Crippen LogP contribution in [0.4, 0.5) is 0 Å². The van der Waals surface area contributed by atoms with Crippen molar-refractivity contribution < 1.29 is 19.4 Å². The molecule has 0 spiro atoms. The zero-order valence-corrected chi connectivity index (χ0v) is 12.2. The van der Waals surface area contributed by atoms with Crippen LogP contribution in [0.5, 0.6) is 5.75 Å². The van der Waals surface area contributed by atoms with Crippen LogP contribution in [0.1, 0.15) is 24.8 Å². The first kappa shape index (κ1) is 16.8. The average Bonchev–Trinajstić information content (AvgIpc) is 2.49. The Morgan fingerprint density at radius 1 is 1.43 bits per heavy atom. The largest absolute Gasteiger partial charge is 0.496 e. The van der Waals surface area contributed by atoms with Gasteiger partial charge in [0.1, 0.15) is 11.8 Å². The molecular formula is C16H21NO4. The molecule has 5 nitrogen and oxygen atoms in total. The standard InChI is InChI=1S/C16H21NO4/c1-3-4-8-13(16(19)20)17-15(18)11-10-12-7-5-6-9-14(12)21-2/h3,5-7,9,13H,1,4,8,10-11H2,2H3,(H,17,18)(H,19,20). The summed E-state index contributed by atoms with van der Waals surface area (Å²) in [5, 5.41) is 11.6. The molecule has 1 aromatic carbocycles. The number of hydrogen-bond donors (Lipinski definition) is 2. The summed E-state index contributed by atoms with van der Waals surface area (Å²) in [4.78, 5) is 22.9. The zero-order chi connectivity index (χ0) is 15.7. The third-order valence-electron chi connectivity index (χ3n) is 3.11. The Balaban J connectivity index is 2.52. The highest BCUT2D eigenvalue weighted by atomic mass is 16.5. The molecule has 1 amide bonds. The minimum atomic E-state index is -1.03. The lowest BCUT2D eigenvalue weighted by atomic mass is 10.1. The lowest BCUT2D eigenvalue weighted by molar-refractivity contribution is -0.142. The number of carboxylic acids is 1. The van der Waals surface area contributed by atoms with Crippen molar-refractivity contribution in [3.8, 4) is 5.75 Å². The summed E-state index contributed by atoms with van der Waals surface area (Å²) >= 11 is 0. The Hall–Kier alpha value is -2.30. The van der Waals surface area contributed by atoms with E-state index in [1.165, 1.54) is 0 Å². The fraction of sp³-hybridized carbons (Fsp3) is 0.375. The Morgan fingerprint density at radius 2 is 2.14 bits per heavy atom. The van der Waals surface area contributed by atoms with E-state index in [1.54, 1.807) is 13.2 Å². The number of carboxylic acid groups (broad SMARTS) is 1. The summed E-state index contributed by atoms with van der Waals surface area (Å²) in [6.07, 6.45) is 3.25. The van der Waals surface area contributed by atoms with Crippen LogP contribution < -0.4 is 10.1 Å². The smallest absolute Gasteiger partial charge is 0.326 e. The number of aliphatic carboxylic acids is 1. The highest BCUT2D eigenvalue weighted by Crippen LogP contribution is 2.18. The monoisotopic (exact) mass is 291 g/mol. The predicted molar refractivity (Wildman–Crippen MR) is 80.3 cm³/mol. The highest BCUT2D eigenvalue weighted by Gasteiger charge is 2.18. The van der Waals surface area contributed by atoms with E-state index < -0.39 is 12.0 Å². The van der Waals surface area contributed by atoms with Gasteiger partial charge in [-0.15, -0.1) is 6.58 Å². The number of hydrogen-bond acceptors (Lipinski definition) is 3. The molecule has 0 saturated heterocycles. The van der Waals surface area contributed by atoms with Gasteiger partial charge in [-0.05, 0) is 30.9 Å². The molecule has 0 aliphatic heterocycles. The number of benzene rings is 1. The number of nitrogens with one attached hydrogen (secondary N) is 1. The minimum absolute atomic E-state index is 0.220. The first-order valence-electron chi connectivity index (χ1n) is 6.83. The van der Waals surface area contributed by atoms with Gasteiger partial charge in [-0.25, -0.2) is 4.79 Å². The minimum Gasteiger partial charge on any atom is -0.496 e. The molecule has 0 fully saturated rings. The number of carbonyl (C=O) groups is 2. The topological polar surface area (TPSA) is 75.6 Å². The SMILES string of the molecule is C=CCCC(NC(=O)CCc1ccccc1OC)C(=O)O. The number of rotatable bonds is 9. The van der Waals surface area contributed by atoms with Gasteiger partial charge in [0, 0.05) is 6.42 Å². The Morgan fingerprint density at radius 3 is 2.76 bits per heavy atom. The first-order valence-corrected chi connectivity index (χ1v) is 6.83. The molecule has 0 aliphatic carbocycles. The fourth-order valence-corrected chi connectivity index (χ4v) is 1.97. The number of amides is 1. The van der Waals surface area contributed by atoms with Crippen molar-refractivity contribution >= 4 is 11.9 Å². The van der Waals surface area contributed by atoms with Crippen LogP contribution in [0.15, 0.2) is 36.9 Å². The van der Waals surface area contributed by atoms with Crippen molar-refractivity contribution in [2.24, 2.45) is 0 Å². The molecule has 21 heavy (non-hydrogen) atoms. The van der Waals surface area contributed by atoms with E-state index in [0.717, 1.165) is 11.3 Å². The Labute approximate surface area is 124 Å². The number of ether oxygens (including phenoxy) is 1. The third-order valence-corrected chi connectivity index (χ3v) is 3.11. The van der Waals surface area contributed by atoms with Crippen LogP contribution in [0, 0.1) is 0 Å². The number of methoxy groups -OCH3 is 1. The van der Waals surface area contributed by atoms with Crippen LogP contribution in [-0.2, 0) is 16.0 Å². The second-order valence-electron chi connectivity index (χ2n) is 4.64. The summed E-state index contributed by atoms with van der Waals surface area (Å²) in [6, 6.07) is 6.58.